The highest BCUT2D eigenvalue weighted by Crippen LogP contribution is 2.31. The van der Waals surface area contributed by atoms with Crippen molar-refractivity contribution in [2.45, 2.75) is 19.4 Å². The highest BCUT2D eigenvalue weighted by molar-refractivity contribution is 7.16. The Morgan fingerprint density at radius 1 is 1.48 bits per heavy atom. The maximum Gasteiger partial charge on any atom is 0.246 e. The fourth-order valence-corrected chi connectivity index (χ4v) is 4.18. The van der Waals surface area contributed by atoms with Crippen molar-refractivity contribution < 1.29 is 9.59 Å². The molecule has 1 saturated heterocycles. The molecular weight excluding hydrogens is 340 g/mol. The van der Waals surface area contributed by atoms with E-state index in [-0.39, 0.29) is 17.7 Å². The molecule has 9 heteroatoms. The van der Waals surface area contributed by atoms with E-state index in [1.807, 2.05) is 30.1 Å². The Morgan fingerprint density at radius 3 is 2.92 bits per heavy atom. The third-order valence-electron chi connectivity index (χ3n) is 4.45. The van der Waals surface area contributed by atoms with Gasteiger partial charge in [0.15, 0.2) is 6.19 Å². The van der Waals surface area contributed by atoms with E-state index in [1.165, 1.54) is 11.3 Å². The van der Waals surface area contributed by atoms with Crippen molar-refractivity contribution in [2.24, 2.45) is 5.92 Å². The zero-order valence-corrected chi connectivity index (χ0v) is 15.3. The first-order valence-corrected chi connectivity index (χ1v) is 9.16. The second-order valence-corrected chi connectivity index (χ2v) is 7.69. The normalized spacial score (nSPS) is 19.6. The molecule has 1 atom stereocenters. The molecule has 25 heavy (non-hydrogen) atoms. The molecular formula is C16H22N6O2S. The van der Waals surface area contributed by atoms with Crippen LogP contribution in [0.1, 0.15) is 17.0 Å². The number of aromatic nitrogens is 1. The zero-order valence-electron chi connectivity index (χ0n) is 14.5. The summed E-state index contributed by atoms with van der Waals surface area (Å²) in [5.74, 6) is -0.284. The van der Waals surface area contributed by atoms with Crippen LogP contribution in [0.3, 0.4) is 0 Å². The van der Waals surface area contributed by atoms with Crippen LogP contribution in [-0.4, -0.2) is 66.9 Å². The van der Waals surface area contributed by atoms with Crippen molar-refractivity contribution in [1.29, 1.82) is 5.26 Å². The van der Waals surface area contributed by atoms with Crippen LogP contribution in [0, 0.1) is 17.4 Å². The van der Waals surface area contributed by atoms with Crippen LogP contribution in [0.5, 0.6) is 0 Å². The molecule has 3 rings (SSSR count). The van der Waals surface area contributed by atoms with Crippen molar-refractivity contribution in [1.82, 2.24) is 20.1 Å². The number of nitrogens with zero attached hydrogens (tertiary/aromatic N) is 5. The minimum atomic E-state index is -0.195. The van der Waals surface area contributed by atoms with Gasteiger partial charge in [0.2, 0.25) is 16.9 Å². The number of fused-ring (bicyclic) bond motifs is 1. The SMILES string of the molecule is CN(C)CC(=O)N1CCc2nc(N(C#N)C(=O)[C@H]3CCNC3)sc2C1. The molecule has 8 nitrogen and oxygen atoms in total. The molecule has 0 spiro atoms. The maximum atomic E-state index is 12.5. The quantitative estimate of drug-likeness (QED) is 0.599. The van der Waals surface area contributed by atoms with Crippen LogP contribution in [0.25, 0.3) is 0 Å². The molecule has 0 bridgehead atoms. The Bertz CT molecular complexity index is 704. The molecule has 0 aliphatic carbocycles. The predicted octanol–water partition coefficient (Wildman–Crippen LogP) is 0.0130. The summed E-state index contributed by atoms with van der Waals surface area (Å²) in [6, 6.07) is 0. The van der Waals surface area contributed by atoms with Gasteiger partial charge in [0.05, 0.1) is 24.7 Å². The molecule has 0 aromatic carbocycles. The summed E-state index contributed by atoms with van der Waals surface area (Å²) in [7, 11) is 3.73. The van der Waals surface area contributed by atoms with Crippen LogP contribution in [0.15, 0.2) is 0 Å². The molecule has 0 saturated carbocycles. The van der Waals surface area contributed by atoms with Gasteiger partial charge in [-0.2, -0.15) is 10.2 Å². The highest BCUT2D eigenvalue weighted by atomic mass is 32.1. The lowest BCUT2D eigenvalue weighted by molar-refractivity contribution is -0.132. The van der Waals surface area contributed by atoms with E-state index in [9.17, 15) is 14.9 Å². The van der Waals surface area contributed by atoms with Crippen molar-refractivity contribution in [3.63, 3.8) is 0 Å². The number of thiazole rings is 1. The number of hydrogen-bond donors (Lipinski definition) is 1. The summed E-state index contributed by atoms with van der Waals surface area (Å²) in [4.78, 5) is 35.0. The van der Waals surface area contributed by atoms with Gasteiger partial charge in [0, 0.05) is 24.4 Å². The van der Waals surface area contributed by atoms with Gasteiger partial charge in [-0.15, -0.1) is 0 Å². The van der Waals surface area contributed by atoms with E-state index < -0.39 is 0 Å². The number of rotatable bonds is 4. The van der Waals surface area contributed by atoms with Crippen LogP contribution in [0.4, 0.5) is 5.13 Å². The first-order chi connectivity index (χ1) is 12.0. The molecule has 2 aliphatic heterocycles. The first kappa shape index (κ1) is 17.8. The highest BCUT2D eigenvalue weighted by Gasteiger charge is 2.32. The third kappa shape index (κ3) is 3.81. The monoisotopic (exact) mass is 362 g/mol. The smallest absolute Gasteiger partial charge is 0.246 e. The van der Waals surface area contributed by atoms with Gasteiger partial charge in [0.1, 0.15) is 0 Å². The number of nitriles is 1. The molecule has 2 amide bonds. The Kier molecular flexibility index (Phi) is 5.32. The second-order valence-electron chi connectivity index (χ2n) is 6.63. The molecule has 1 aromatic heterocycles. The zero-order chi connectivity index (χ0) is 18.0. The number of carbonyl (C=O) groups is 2. The average Bonchev–Trinajstić information content (AvgIpc) is 3.23. The third-order valence-corrected chi connectivity index (χ3v) is 5.51. The summed E-state index contributed by atoms with van der Waals surface area (Å²) in [5, 5.41) is 13.0. The predicted molar refractivity (Wildman–Crippen MR) is 93.9 cm³/mol. The number of nitrogens with one attached hydrogen (secondary N) is 1. The largest absolute Gasteiger partial charge is 0.336 e. The standard InChI is InChI=1S/C16H22N6O2S/c1-20(2)9-14(23)21-6-4-12-13(8-21)25-16(19-12)22(10-17)15(24)11-3-5-18-7-11/h11,18H,3-9H2,1-2H3/t11-/m0/s1. The Balaban J connectivity index is 1.74. The van der Waals surface area contributed by atoms with E-state index in [4.69, 9.17) is 0 Å². The van der Waals surface area contributed by atoms with E-state index in [2.05, 4.69) is 10.3 Å². The Morgan fingerprint density at radius 2 is 2.28 bits per heavy atom. The topological polar surface area (TPSA) is 92.6 Å². The van der Waals surface area contributed by atoms with Crippen molar-refractivity contribution >= 4 is 28.3 Å². The molecule has 3 heterocycles. The number of amides is 2. The summed E-state index contributed by atoms with van der Waals surface area (Å²) in [6.45, 7) is 2.90. The van der Waals surface area contributed by atoms with Gasteiger partial charge >= 0.3 is 0 Å². The number of hydrogen-bond acceptors (Lipinski definition) is 7. The van der Waals surface area contributed by atoms with Crippen LogP contribution in [0.2, 0.25) is 0 Å². The molecule has 1 fully saturated rings. The Hall–Kier alpha value is -2.02. The van der Waals surface area contributed by atoms with E-state index >= 15 is 0 Å². The molecule has 0 radical (unpaired) electrons. The minimum absolute atomic E-state index is 0.0795. The van der Waals surface area contributed by atoms with Crippen LogP contribution >= 0.6 is 11.3 Å². The lowest BCUT2D eigenvalue weighted by atomic mass is 10.1. The second kappa shape index (κ2) is 7.47. The summed E-state index contributed by atoms with van der Waals surface area (Å²) >= 11 is 1.34. The number of carbonyl (C=O) groups excluding carboxylic acids is 2. The minimum Gasteiger partial charge on any atom is -0.336 e. The fraction of sp³-hybridized carbons (Fsp3) is 0.625. The molecule has 134 valence electrons. The van der Waals surface area contributed by atoms with Crippen molar-refractivity contribution in [2.75, 3.05) is 45.2 Å². The maximum absolute atomic E-state index is 12.5. The summed E-state index contributed by atoms with van der Waals surface area (Å²) in [5.41, 5.74) is 0.895. The summed E-state index contributed by atoms with van der Waals surface area (Å²) in [6.07, 6.45) is 3.38. The number of likely N-dealkylation sites (N-methyl/N-ethyl adjacent to an activating group) is 1. The van der Waals surface area contributed by atoms with Crippen molar-refractivity contribution in [3.8, 4) is 6.19 Å². The first-order valence-electron chi connectivity index (χ1n) is 8.35. The lowest BCUT2D eigenvalue weighted by Crippen LogP contribution is -2.40. The molecule has 0 unspecified atom stereocenters. The molecule has 1 aromatic rings. The van der Waals surface area contributed by atoms with Gasteiger partial charge in [-0.05, 0) is 27.1 Å². The van der Waals surface area contributed by atoms with E-state index in [0.717, 1.165) is 28.4 Å². The molecule has 1 N–H and O–H groups in total. The lowest BCUT2D eigenvalue weighted by Gasteiger charge is -2.27. The number of anilines is 1. The van der Waals surface area contributed by atoms with Gasteiger partial charge in [0.25, 0.3) is 0 Å². The van der Waals surface area contributed by atoms with E-state index in [1.54, 1.807) is 0 Å². The van der Waals surface area contributed by atoms with Gasteiger partial charge in [-0.3, -0.25) is 9.59 Å². The Labute approximate surface area is 151 Å². The van der Waals surface area contributed by atoms with Gasteiger partial charge in [-0.1, -0.05) is 11.3 Å². The van der Waals surface area contributed by atoms with Crippen LogP contribution in [-0.2, 0) is 22.6 Å². The van der Waals surface area contributed by atoms with Crippen molar-refractivity contribution in [3.05, 3.63) is 10.6 Å². The summed E-state index contributed by atoms with van der Waals surface area (Å²) < 4.78 is 0. The molecule has 2 aliphatic rings. The van der Waals surface area contributed by atoms with Gasteiger partial charge < -0.3 is 15.1 Å². The van der Waals surface area contributed by atoms with Gasteiger partial charge in [-0.25, -0.2) is 4.98 Å². The van der Waals surface area contributed by atoms with Crippen LogP contribution < -0.4 is 10.2 Å². The fourth-order valence-electron chi connectivity index (χ4n) is 3.10. The average molecular weight is 362 g/mol. The van der Waals surface area contributed by atoms with E-state index in [0.29, 0.717) is 37.7 Å².